The molecule has 1 aromatic heterocycles. The van der Waals surface area contributed by atoms with Crippen LogP contribution in [0.5, 0.6) is 5.75 Å². The molecule has 7 heteroatoms. The molecule has 6 nitrogen and oxygen atoms in total. The Bertz CT molecular complexity index is 1020. The second-order valence-electron chi connectivity index (χ2n) is 8.40. The summed E-state index contributed by atoms with van der Waals surface area (Å²) in [5, 5.41) is 10.8. The van der Waals surface area contributed by atoms with Crippen molar-refractivity contribution in [1.82, 2.24) is 15.8 Å². The molecule has 0 saturated carbocycles. The smallest absolute Gasteiger partial charge is 0.220 e. The van der Waals surface area contributed by atoms with Crippen molar-refractivity contribution in [2.24, 2.45) is 11.8 Å². The van der Waals surface area contributed by atoms with Gasteiger partial charge >= 0.3 is 0 Å². The summed E-state index contributed by atoms with van der Waals surface area (Å²) in [5.41, 5.74) is 1.95. The van der Waals surface area contributed by atoms with Crippen molar-refractivity contribution in [2.45, 2.75) is 36.5 Å². The molecular formula is C26H31N3O3S. The van der Waals surface area contributed by atoms with Crippen molar-refractivity contribution in [3.05, 3.63) is 77.7 Å². The minimum absolute atomic E-state index is 0.0814. The molecule has 1 saturated heterocycles. The normalized spacial score (nSPS) is 18.1. The molecule has 3 aromatic rings. The standard InChI is InChI=1S/C26H31N3O3S/c1-31-25-10-6-5-7-20(25)17-28-26(30)14-19-11-12-27-16-21(19)13-22-15-23(32-29-22)18-33-24-8-3-2-4-9-24/h2-10,15,19,21,27H,11-14,16-18H2,1H3,(H,28,30)/t19-,21+/m1/s1. The fraction of sp³-hybridized carbons (Fsp3) is 0.385. The highest BCUT2D eigenvalue weighted by atomic mass is 32.2. The number of ether oxygens (including phenoxy) is 1. The monoisotopic (exact) mass is 465 g/mol. The van der Waals surface area contributed by atoms with Crippen LogP contribution < -0.4 is 15.4 Å². The predicted molar refractivity (Wildman–Crippen MR) is 130 cm³/mol. The van der Waals surface area contributed by atoms with Gasteiger partial charge in [-0.2, -0.15) is 0 Å². The Morgan fingerprint density at radius 2 is 2.00 bits per heavy atom. The maximum Gasteiger partial charge on any atom is 0.220 e. The summed E-state index contributed by atoms with van der Waals surface area (Å²) >= 11 is 1.74. The molecule has 4 rings (SSSR count). The lowest BCUT2D eigenvalue weighted by Gasteiger charge is -2.31. The van der Waals surface area contributed by atoms with Gasteiger partial charge in [0.25, 0.3) is 0 Å². The highest BCUT2D eigenvalue weighted by molar-refractivity contribution is 7.98. The first-order chi connectivity index (χ1) is 16.2. The van der Waals surface area contributed by atoms with E-state index in [2.05, 4.69) is 34.0 Å². The van der Waals surface area contributed by atoms with E-state index in [1.54, 1.807) is 18.9 Å². The van der Waals surface area contributed by atoms with E-state index in [0.717, 1.165) is 54.5 Å². The molecule has 33 heavy (non-hydrogen) atoms. The van der Waals surface area contributed by atoms with Crippen molar-refractivity contribution in [1.29, 1.82) is 0 Å². The van der Waals surface area contributed by atoms with Crippen molar-refractivity contribution in [3.8, 4) is 5.75 Å². The quantitative estimate of drug-likeness (QED) is 0.431. The molecule has 1 fully saturated rings. The summed E-state index contributed by atoms with van der Waals surface area (Å²) in [4.78, 5) is 13.9. The zero-order chi connectivity index (χ0) is 22.9. The largest absolute Gasteiger partial charge is 0.496 e. The SMILES string of the molecule is COc1ccccc1CNC(=O)C[C@H]1CCNC[C@@H]1Cc1cc(CSc2ccccc2)on1. The van der Waals surface area contributed by atoms with Gasteiger partial charge in [-0.1, -0.05) is 41.6 Å². The first-order valence-corrected chi connectivity index (χ1v) is 12.4. The second-order valence-corrected chi connectivity index (χ2v) is 9.44. The molecule has 0 aliphatic carbocycles. The van der Waals surface area contributed by atoms with E-state index in [4.69, 9.17) is 9.26 Å². The van der Waals surface area contributed by atoms with Gasteiger partial charge in [-0.25, -0.2) is 0 Å². The van der Waals surface area contributed by atoms with E-state index in [1.165, 1.54) is 4.90 Å². The average molecular weight is 466 g/mol. The number of carbonyl (C=O) groups is 1. The van der Waals surface area contributed by atoms with Gasteiger partial charge in [0.05, 0.1) is 18.6 Å². The maximum absolute atomic E-state index is 12.7. The highest BCUT2D eigenvalue weighted by Crippen LogP contribution is 2.28. The van der Waals surface area contributed by atoms with Gasteiger partial charge in [0, 0.05) is 29.5 Å². The highest BCUT2D eigenvalue weighted by Gasteiger charge is 2.28. The second kappa shape index (κ2) is 11.9. The summed E-state index contributed by atoms with van der Waals surface area (Å²) < 4.78 is 10.9. The van der Waals surface area contributed by atoms with E-state index >= 15 is 0 Å². The number of nitrogens with one attached hydrogen (secondary N) is 2. The Morgan fingerprint density at radius 3 is 2.85 bits per heavy atom. The lowest BCUT2D eigenvalue weighted by molar-refractivity contribution is -0.122. The molecule has 1 amide bonds. The molecule has 1 aliphatic rings. The molecule has 1 aliphatic heterocycles. The minimum Gasteiger partial charge on any atom is -0.496 e. The van der Waals surface area contributed by atoms with Crippen LogP contribution in [0.3, 0.4) is 0 Å². The molecule has 0 radical (unpaired) electrons. The summed E-state index contributed by atoms with van der Waals surface area (Å²) in [6.45, 7) is 2.31. The number of rotatable bonds is 10. The van der Waals surface area contributed by atoms with Gasteiger partial charge in [-0.3, -0.25) is 4.79 Å². The number of amides is 1. The predicted octanol–water partition coefficient (Wildman–Crippen LogP) is 4.45. The van der Waals surface area contributed by atoms with E-state index in [1.807, 2.05) is 42.5 Å². The number of methoxy groups -OCH3 is 1. The zero-order valence-electron chi connectivity index (χ0n) is 19.0. The van der Waals surface area contributed by atoms with Crippen molar-refractivity contribution in [2.75, 3.05) is 20.2 Å². The molecule has 2 aromatic carbocycles. The molecule has 2 heterocycles. The van der Waals surface area contributed by atoms with E-state index in [-0.39, 0.29) is 5.91 Å². The third-order valence-electron chi connectivity index (χ3n) is 6.08. The summed E-state index contributed by atoms with van der Waals surface area (Å²) in [5.74, 6) is 3.20. The van der Waals surface area contributed by atoms with E-state index in [9.17, 15) is 4.79 Å². The number of hydrogen-bond donors (Lipinski definition) is 2. The third-order valence-corrected chi connectivity index (χ3v) is 7.12. The van der Waals surface area contributed by atoms with Crippen LogP contribution in [-0.4, -0.2) is 31.3 Å². The first-order valence-electron chi connectivity index (χ1n) is 11.4. The fourth-order valence-electron chi connectivity index (χ4n) is 4.30. The lowest BCUT2D eigenvalue weighted by Crippen LogP contribution is -2.40. The van der Waals surface area contributed by atoms with Crippen molar-refractivity contribution >= 4 is 17.7 Å². The van der Waals surface area contributed by atoms with E-state index < -0.39 is 0 Å². The fourth-order valence-corrected chi connectivity index (χ4v) is 5.09. The number of carbonyl (C=O) groups excluding carboxylic acids is 1. The number of nitrogens with zero attached hydrogens (tertiary/aromatic N) is 1. The third kappa shape index (κ3) is 6.85. The number of piperidine rings is 1. The van der Waals surface area contributed by atoms with Crippen LogP contribution in [0, 0.1) is 11.8 Å². The van der Waals surface area contributed by atoms with Crippen LogP contribution in [0.25, 0.3) is 0 Å². The molecule has 0 bridgehead atoms. The molecule has 2 atom stereocenters. The zero-order valence-corrected chi connectivity index (χ0v) is 19.8. The van der Waals surface area contributed by atoms with Crippen LogP contribution in [0.4, 0.5) is 0 Å². The van der Waals surface area contributed by atoms with Crippen LogP contribution in [0.1, 0.15) is 29.9 Å². The molecule has 2 N–H and O–H groups in total. The number of hydrogen-bond acceptors (Lipinski definition) is 6. The van der Waals surface area contributed by atoms with E-state index in [0.29, 0.717) is 24.8 Å². The van der Waals surface area contributed by atoms with Gasteiger partial charge in [0.15, 0.2) is 0 Å². The number of thioether (sulfide) groups is 1. The van der Waals surface area contributed by atoms with Gasteiger partial charge in [-0.15, -0.1) is 11.8 Å². The van der Waals surface area contributed by atoms with Gasteiger partial charge in [0.1, 0.15) is 11.5 Å². The Hall–Kier alpha value is -2.77. The van der Waals surface area contributed by atoms with Gasteiger partial charge in [0.2, 0.25) is 5.91 Å². The van der Waals surface area contributed by atoms with Crippen LogP contribution in [-0.2, 0) is 23.5 Å². The Morgan fingerprint density at radius 1 is 1.18 bits per heavy atom. The molecule has 0 unspecified atom stereocenters. The molecule has 0 spiro atoms. The number of benzene rings is 2. The first kappa shape index (κ1) is 23.4. The van der Waals surface area contributed by atoms with Gasteiger partial charge in [-0.05, 0) is 56.0 Å². The Labute approximate surface area is 199 Å². The number of aromatic nitrogens is 1. The Balaban J connectivity index is 1.28. The summed E-state index contributed by atoms with van der Waals surface area (Å²) in [6, 6.07) is 20.1. The summed E-state index contributed by atoms with van der Waals surface area (Å²) in [6.07, 6.45) is 2.33. The van der Waals surface area contributed by atoms with Crippen LogP contribution >= 0.6 is 11.8 Å². The maximum atomic E-state index is 12.7. The molecular weight excluding hydrogens is 434 g/mol. The van der Waals surface area contributed by atoms with Crippen LogP contribution in [0.15, 0.2) is 70.1 Å². The Kier molecular flexibility index (Phi) is 8.44. The van der Waals surface area contributed by atoms with Crippen molar-refractivity contribution in [3.63, 3.8) is 0 Å². The van der Waals surface area contributed by atoms with Crippen LogP contribution in [0.2, 0.25) is 0 Å². The minimum atomic E-state index is 0.0814. The summed E-state index contributed by atoms with van der Waals surface area (Å²) in [7, 11) is 1.65. The average Bonchev–Trinajstić information content (AvgIpc) is 3.31. The lowest BCUT2D eigenvalue weighted by atomic mass is 9.81. The number of para-hydroxylation sites is 1. The molecule has 174 valence electrons. The van der Waals surface area contributed by atoms with Gasteiger partial charge < -0.3 is 19.9 Å². The topological polar surface area (TPSA) is 76.4 Å². The van der Waals surface area contributed by atoms with Crippen molar-refractivity contribution < 1.29 is 14.1 Å².